The minimum Gasteiger partial charge on any atom is -0.490 e. The molecule has 0 amide bonds. The van der Waals surface area contributed by atoms with Gasteiger partial charge in [0.2, 0.25) is 0 Å². The highest BCUT2D eigenvalue weighted by atomic mass is 32.1. The number of imidazole rings is 1. The van der Waals surface area contributed by atoms with Crippen molar-refractivity contribution < 1.29 is 4.74 Å². The SMILES string of the molecule is N#Cc1csc(CNc2ccccc2OCCn2ccnc2)c1. The number of para-hydroxylation sites is 2. The lowest BCUT2D eigenvalue weighted by Crippen LogP contribution is -2.08. The van der Waals surface area contributed by atoms with Crippen LogP contribution < -0.4 is 10.1 Å². The van der Waals surface area contributed by atoms with Gasteiger partial charge in [-0.3, -0.25) is 0 Å². The van der Waals surface area contributed by atoms with Gasteiger partial charge in [0, 0.05) is 29.2 Å². The Balaban J connectivity index is 1.57. The van der Waals surface area contributed by atoms with Gasteiger partial charge in [0.15, 0.2) is 0 Å². The van der Waals surface area contributed by atoms with Gasteiger partial charge in [0.1, 0.15) is 18.4 Å². The van der Waals surface area contributed by atoms with E-state index in [2.05, 4.69) is 16.4 Å². The fraction of sp³-hybridized carbons (Fsp3) is 0.176. The molecule has 0 aliphatic heterocycles. The molecule has 2 heterocycles. The van der Waals surface area contributed by atoms with Crippen molar-refractivity contribution in [2.45, 2.75) is 13.1 Å². The monoisotopic (exact) mass is 324 g/mol. The number of hydrogen-bond donors (Lipinski definition) is 1. The van der Waals surface area contributed by atoms with Crippen LogP contribution in [0, 0.1) is 11.3 Å². The second kappa shape index (κ2) is 7.47. The molecular weight excluding hydrogens is 308 g/mol. The van der Waals surface area contributed by atoms with E-state index in [9.17, 15) is 0 Å². The van der Waals surface area contributed by atoms with Gasteiger partial charge in [-0.05, 0) is 18.2 Å². The van der Waals surface area contributed by atoms with E-state index in [0.717, 1.165) is 22.9 Å². The first-order valence-corrected chi connectivity index (χ1v) is 8.12. The molecule has 3 rings (SSSR count). The van der Waals surface area contributed by atoms with Gasteiger partial charge in [-0.2, -0.15) is 5.26 Å². The summed E-state index contributed by atoms with van der Waals surface area (Å²) in [6, 6.07) is 11.9. The summed E-state index contributed by atoms with van der Waals surface area (Å²) in [5.74, 6) is 0.824. The maximum atomic E-state index is 8.87. The van der Waals surface area contributed by atoms with Gasteiger partial charge in [-0.25, -0.2) is 4.98 Å². The predicted octanol–water partition coefficient (Wildman–Crippen LogP) is 3.51. The minimum absolute atomic E-state index is 0.576. The Labute approximate surface area is 138 Å². The van der Waals surface area contributed by atoms with Crippen LogP contribution in [-0.2, 0) is 13.1 Å². The molecule has 0 fully saturated rings. The first-order valence-electron chi connectivity index (χ1n) is 7.24. The number of anilines is 1. The highest BCUT2D eigenvalue weighted by molar-refractivity contribution is 7.10. The second-order valence-corrected chi connectivity index (χ2v) is 5.91. The van der Waals surface area contributed by atoms with E-state index in [0.29, 0.717) is 18.7 Å². The fourth-order valence-electron chi connectivity index (χ4n) is 2.13. The maximum Gasteiger partial charge on any atom is 0.142 e. The van der Waals surface area contributed by atoms with Crippen molar-refractivity contribution in [2.24, 2.45) is 0 Å². The standard InChI is InChI=1S/C17H16N4OS/c18-10-14-9-15(23-12-14)11-20-16-3-1-2-4-17(16)22-8-7-21-6-5-19-13-21/h1-6,9,12-13,20H,7-8,11H2. The van der Waals surface area contributed by atoms with Crippen LogP contribution in [0.5, 0.6) is 5.75 Å². The fourth-order valence-corrected chi connectivity index (χ4v) is 2.88. The predicted molar refractivity (Wildman–Crippen MR) is 90.5 cm³/mol. The quantitative estimate of drug-likeness (QED) is 0.722. The van der Waals surface area contributed by atoms with Crippen molar-refractivity contribution in [3.05, 3.63) is 64.9 Å². The molecule has 1 aromatic carbocycles. The molecule has 0 radical (unpaired) electrons. The number of ether oxygens (including phenoxy) is 1. The lowest BCUT2D eigenvalue weighted by molar-refractivity contribution is 0.299. The average Bonchev–Trinajstić information content (AvgIpc) is 3.25. The van der Waals surface area contributed by atoms with E-state index in [-0.39, 0.29) is 0 Å². The summed E-state index contributed by atoms with van der Waals surface area (Å²) in [6.07, 6.45) is 5.44. The van der Waals surface area contributed by atoms with E-state index < -0.39 is 0 Å². The summed E-state index contributed by atoms with van der Waals surface area (Å²) in [7, 11) is 0. The zero-order valence-electron chi connectivity index (χ0n) is 12.5. The first kappa shape index (κ1) is 15.1. The molecule has 116 valence electrons. The smallest absolute Gasteiger partial charge is 0.142 e. The van der Waals surface area contributed by atoms with Crippen LogP contribution in [-0.4, -0.2) is 16.2 Å². The Bertz CT molecular complexity index is 789. The number of nitrogens with one attached hydrogen (secondary N) is 1. The molecule has 3 aromatic rings. The highest BCUT2D eigenvalue weighted by Gasteiger charge is 2.04. The molecular formula is C17H16N4OS. The van der Waals surface area contributed by atoms with Crippen molar-refractivity contribution >= 4 is 17.0 Å². The molecule has 0 saturated carbocycles. The normalized spacial score (nSPS) is 10.2. The molecule has 0 aliphatic rings. The summed E-state index contributed by atoms with van der Waals surface area (Å²) >= 11 is 1.58. The van der Waals surface area contributed by atoms with Crippen LogP contribution in [0.15, 0.2) is 54.4 Å². The molecule has 5 nitrogen and oxygen atoms in total. The highest BCUT2D eigenvalue weighted by Crippen LogP contribution is 2.25. The van der Waals surface area contributed by atoms with E-state index in [1.807, 2.05) is 46.5 Å². The second-order valence-electron chi connectivity index (χ2n) is 4.91. The average molecular weight is 324 g/mol. The van der Waals surface area contributed by atoms with E-state index in [1.165, 1.54) is 0 Å². The number of nitrogens with zero attached hydrogens (tertiary/aromatic N) is 3. The summed E-state index contributed by atoms with van der Waals surface area (Å²) in [5, 5.41) is 14.1. The van der Waals surface area contributed by atoms with Gasteiger partial charge in [-0.1, -0.05) is 12.1 Å². The number of thiophene rings is 1. The van der Waals surface area contributed by atoms with E-state index >= 15 is 0 Å². The number of hydrogen-bond acceptors (Lipinski definition) is 5. The number of nitriles is 1. The van der Waals surface area contributed by atoms with Gasteiger partial charge >= 0.3 is 0 Å². The summed E-state index contributed by atoms with van der Waals surface area (Å²) in [5.41, 5.74) is 1.65. The molecule has 0 atom stereocenters. The van der Waals surface area contributed by atoms with Crippen LogP contribution in [0.3, 0.4) is 0 Å². The molecule has 2 aromatic heterocycles. The van der Waals surface area contributed by atoms with Gasteiger partial charge in [0.05, 0.1) is 24.1 Å². The maximum absolute atomic E-state index is 8.87. The minimum atomic E-state index is 0.576. The molecule has 0 aliphatic carbocycles. The lowest BCUT2D eigenvalue weighted by Gasteiger charge is -2.13. The van der Waals surface area contributed by atoms with Crippen LogP contribution in [0.1, 0.15) is 10.4 Å². The zero-order valence-corrected chi connectivity index (χ0v) is 13.3. The van der Waals surface area contributed by atoms with Gasteiger partial charge in [0.25, 0.3) is 0 Å². The number of rotatable bonds is 7. The molecule has 0 unspecified atom stereocenters. The van der Waals surface area contributed by atoms with Crippen LogP contribution in [0.25, 0.3) is 0 Å². The van der Waals surface area contributed by atoms with Gasteiger partial charge in [-0.15, -0.1) is 11.3 Å². The third-order valence-electron chi connectivity index (χ3n) is 3.29. The molecule has 0 bridgehead atoms. The summed E-state index contributed by atoms with van der Waals surface area (Å²) in [6.45, 7) is 2.01. The molecule has 1 N–H and O–H groups in total. The molecule has 0 saturated heterocycles. The Hall–Kier alpha value is -2.78. The topological polar surface area (TPSA) is 62.9 Å². The Morgan fingerprint density at radius 3 is 3.04 bits per heavy atom. The summed E-state index contributed by atoms with van der Waals surface area (Å²) in [4.78, 5) is 5.13. The Morgan fingerprint density at radius 1 is 1.35 bits per heavy atom. The van der Waals surface area contributed by atoms with E-state index in [1.54, 1.807) is 23.9 Å². The van der Waals surface area contributed by atoms with Crippen molar-refractivity contribution in [3.8, 4) is 11.8 Å². The van der Waals surface area contributed by atoms with Crippen molar-refractivity contribution in [1.29, 1.82) is 5.26 Å². The van der Waals surface area contributed by atoms with Crippen LogP contribution in [0.4, 0.5) is 5.69 Å². The van der Waals surface area contributed by atoms with Crippen LogP contribution >= 0.6 is 11.3 Å². The molecule has 0 spiro atoms. The number of benzene rings is 1. The Morgan fingerprint density at radius 2 is 2.26 bits per heavy atom. The van der Waals surface area contributed by atoms with Crippen LogP contribution in [0.2, 0.25) is 0 Å². The third kappa shape index (κ3) is 4.11. The Kier molecular flexibility index (Phi) is 4.92. The van der Waals surface area contributed by atoms with Crippen molar-refractivity contribution in [2.75, 3.05) is 11.9 Å². The van der Waals surface area contributed by atoms with Gasteiger partial charge < -0.3 is 14.6 Å². The molecule has 23 heavy (non-hydrogen) atoms. The third-order valence-corrected chi connectivity index (χ3v) is 4.23. The largest absolute Gasteiger partial charge is 0.490 e. The van der Waals surface area contributed by atoms with E-state index in [4.69, 9.17) is 10.00 Å². The lowest BCUT2D eigenvalue weighted by atomic mass is 10.3. The first-order chi connectivity index (χ1) is 11.3. The van der Waals surface area contributed by atoms with Crippen molar-refractivity contribution in [1.82, 2.24) is 9.55 Å². The number of aromatic nitrogens is 2. The zero-order chi connectivity index (χ0) is 15.9. The van der Waals surface area contributed by atoms with Crippen molar-refractivity contribution in [3.63, 3.8) is 0 Å². The summed E-state index contributed by atoms with van der Waals surface area (Å²) < 4.78 is 7.84. The molecule has 6 heteroatoms.